The number of ether oxygens (including phenoxy) is 1. The van der Waals surface area contributed by atoms with Gasteiger partial charge in [0.15, 0.2) is 0 Å². The summed E-state index contributed by atoms with van der Waals surface area (Å²) in [6, 6.07) is 22.5. The molecule has 0 saturated carbocycles. The van der Waals surface area contributed by atoms with E-state index in [0.717, 1.165) is 23.6 Å². The van der Waals surface area contributed by atoms with Gasteiger partial charge in [0, 0.05) is 24.5 Å². The van der Waals surface area contributed by atoms with E-state index in [-0.39, 0.29) is 11.9 Å². The quantitative estimate of drug-likeness (QED) is 0.494. The number of amides is 1. The number of hydrogen-bond donors (Lipinski definition) is 0. The van der Waals surface area contributed by atoms with Gasteiger partial charge in [-0.15, -0.1) is 0 Å². The molecule has 0 radical (unpaired) electrons. The molecule has 4 heteroatoms. The van der Waals surface area contributed by atoms with Gasteiger partial charge in [-0.3, -0.25) is 4.79 Å². The summed E-state index contributed by atoms with van der Waals surface area (Å²) in [7, 11) is 1.65. The summed E-state index contributed by atoms with van der Waals surface area (Å²) in [5.74, 6) is 1.33. The third-order valence-corrected chi connectivity index (χ3v) is 5.74. The van der Waals surface area contributed by atoms with Crippen molar-refractivity contribution >= 4 is 5.91 Å². The van der Waals surface area contributed by atoms with Gasteiger partial charge in [0.1, 0.15) is 5.75 Å². The van der Waals surface area contributed by atoms with Crippen molar-refractivity contribution in [3.8, 4) is 5.75 Å². The number of methoxy groups -OCH3 is 1. The molecule has 3 rings (SSSR count). The summed E-state index contributed by atoms with van der Waals surface area (Å²) in [6.07, 6.45) is 2.48. The summed E-state index contributed by atoms with van der Waals surface area (Å²) in [6.45, 7) is 7.89. The van der Waals surface area contributed by atoms with E-state index >= 15 is 0 Å². The minimum atomic E-state index is 0.147. The van der Waals surface area contributed by atoms with Crippen LogP contribution in [0, 0.1) is 5.92 Å². The lowest BCUT2D eigenvalue weighted by atomic mass is 10.0. The summed E-state index contributed by atoms with van der Waals surface area (Å²) < 4.78 is 7.46. The van der Waals surface area contributed by atoms with Crippen LogP contribution in [0.3, 0.4) is 0 Å². The van der Waals surface area contributed by atoms with Crippen LogP contribution in [0.25, 0.3) is 0 Å². The Morgan fingerprint density at radius 1 is 0.933 bits per heavy atom. The lowest BCUT2D eigenvalue weighted by Gasteiger charge is -2.32. The van der Waals surface area contributed by atoms with Crippen molar-refractivity contribution in [1.29, 1.82) is 0 Å². The third-order valence-electron chi connectivity index (χ3n) is 5.74. The maximum Gasteiger partial charge on any atom is 0.227 e. The van der Waals surface area contributed by atoms with Crippen molar-refractivity contribution in [2.75, 3.05) is 7.11 Å². The summed E-state index contributed by atoms with van der Waals surface area (Å²) in [5, 5.41) is 0. The first kappa shape index (κ1) is 21.7. The first-order valence-electron chi connectivity index (χ1n) is 10.6. The molecule has 30 heavy (non-hydrogen) atoms. The molecule has 4 nitrogen and oxygen atoms in total. The van der Waals surface area contributed by atoms with Crippen LogP contribution in [0.1, 0.15) is 37.6 Å². The predicted molar refractivity (Wildman–Crippen MR) is 122 cm³/mol. The Morgan fingerprint density at radius 3 is 2.27 bits per heavy atom. The smallest absolute Gasteiger partial charge is 0.227 e. The average Bonchev–Trinajstić information content (AvgIpc) is 3.19. The van der Waals surface area contributed by atoms with E-state index in [9.17, 15) is 4.79 Å². The highest BCUT2D eigenvalue weighted by atomic mass is 16.5. The molecule has 0 aliphatic heterocycles. The van der Waals surface area contributed by atoms with Crippen LogP contribution in [-0.2, 0) is 24.3 Å². The Morgan fingerprint density at radius 2 is 1.63 bits per heavy atom. The van der Waals surface area contributed by atoms with Crippen LogP contribution in [0.5, 0.6) is 5.75 Å². The van der Waals surface area contributed by atoms with Gasteiger partial charge in [0.25, 0.3) is 0 Å². The topological polar surface area (TPSA) is 34.5 Å². The summed E-state index contributed by atoms with van der Waals surface area (Å²) in [4.78, 5) is 15.3. The van der Waals surface area contributed by atoms with Crippen molar-refractivity contribution in [3.05, 3.63) is 89.7 Å². The Labute approximate surface area is 180 Å². The van der Waals surface area contributed by atoms with E-state index < -0.39 is 0 Å². The third kappa shape index (κ3) is 5.53. The van der Waals surface area contributed by atoms with Crippen LogP contribution in [0.2, 0.25) is 0 Å². The van der Waals surface area contributed by atoms with Gasteiger partial charge < -0.3 is 14.2 Å². The minimum absolute atomic E-state index is 0.147. The number of benzene rings is 2. The largest absolute Gasteiger partial charge is 0.497 e. The van der Waals surface area contributed by atoms with Crippen LogP contribution in [0.4, 0.5) is 0 Å². The zero-order valence-corrected chi connectivity index (χ0v) is 18.4. The van der Waals surface area contributed by atoms with Gasteiger partial charge >= 0.3 is 0 Å². The van der Waals surface area contributed by atoms with E-state index in [0.29, 0.717) is 18.9 Å². The van der Waals surface area contributed by atoms with Crippen LogP contribution in [0.15, 0.2) is 72.9 Å². The Balaban J connectivity index is 1.77. The van der Waals surface area contributed by atoms with Crippen LogP contribution in [-0.4, -0.2) is 28.5 Å². The second-order valence-corrected chi connectivity index (χ2v) is 8.14. The van der Waals surface area contributed by atoms with E-state index in [1.165, 1.54) is 5.56 Å². The Bertz CT molecular complexity index is 929. The molecule has 0 bridgehead atoms. The highest BCUT2D eigenvalue weighted by molar-refractivity contribution is 5.79. The van der Waals surface area contributed by atoms with Crippen LogP contribution >= 0.6 is 0 Å². The normalized spacial score (nSPS) is 12.0. The van der Waals surface area contributed by atoms with Crippen molar-refractivity contribution < 1.29 is 9.53 Å². The maximum absolute atomic E-state index is 13.3. The number of rotatable bonds is 9. The maximum atomic E-state index is 13.3. The molecular weight excluding hydrogens is 372 g/mol. The number of nitrogens with zero attached hydrogens (tertiary/aromatic N) is 2. The van der Waals surface area contributed by atoms with Crippen molar-refractivity contribution in [2.24, 2.45) is 5.92 Å². The molecule has 2 aromatic carbocycles. The van der Waals surface area contributed by atoms with Gasteiger partial charge in [-0.1, -0.05) is 56.3 Å². The van der Waals surface area contributed by atoms with Crippen molar-refractivity contribution in [2.45, 2.75) is 46.3 Å². The molecule has 1 amide bonds. The molecule has 0 fully saturated rings. The van der Waals surface area contributed by atoms with Gasteiger partial charge in [0.2, 0.25) is 5.91 Å². The average molecular weight is 405 g/mol. The zero-order chi connectivity index (χ0) is 21.5. The second-order valence-electron chi connectivity index (χ2n) is 8.14. The number of hydrogen-bond acceptors (Lipinski definition) is 2. The summed E-state index contributed by atoms with van der Waals surface area (Å²) >= 11 is 0. The fourth-order valence-corrected chi connectivity index (χ4v) is 3.54. The summed E-state index contributed by atoms with van der Waals surface area (Å²) in [5.41, 5.74) is 3.40. The second kappa shape index (κ2) is 10.1. The van der Waals surface area contributed by atoms with Gasteiger partial charge in [-0.25, -0.2) is 0 Å². The van der Waals surface area contributed by atoms with E-state index in [1.54, 1.807) is 7.11 Å². The highest BCUT2D eigenvalue weighted by Crippen LogP contribution is 2.19. The molecule has 1 unspecified atom stereocenters. The monoisotopic (exact) mass is 404 g/mol. The Hall–Kier alpha value is -3.01. The van der Waals surface area contributed by atoms with E-state index in [1.807, 2.05) is 35.2 Å². The molecule has 0 N–H and O–H groups in total. The van der Waals surface area contributed by atoms with E-state index in [4.69, 9.17) is 4.74 Å². The fraction of sp³-hybridized carbons (Fsp3) is 0.346. The molecule has 3 aromatic rings. The number of carbonyl (C=O) groups excluding carboxylic acids is 1. The first-order valence-corrected chi connectivity index (χ1v) is 10.6. The molecule has 1 heterocycles. The molecular formula is C26H32N2O2. The molecule has 158 valence electrons. The Kier molecular flexibility index (Phi) is 7.34. The van der Waals surface area contributed by atoms with Gasteiger partial charge in [-0.2, -0.15) is 0 Å². The highest BCUT2D eigenvalue weighted by Gasteiger charge is 2.24. The number of carbonyl (C=O) groups is 1. The molecule has 0 aliphatic carbocycles. The van der Waals surface area contributed by atoms with E-state index in [2.05, 4.69) is 67.9 Å². The van der Waals surface area contributed by atoms with Crippen LogP contribution < -0.4 is 4.74 Å². The minimum Gasteiger partial charge on any atom is -0.497 e. The number of aromatic nitrogens is 1. The SMILES string of the molecule is COc1ccc(CC(=O)N(Cc2cccn2Cc2ccccc2)C(C)C(C)C)cc1. The van der Waals surface area contributed by atoms with Gasteiger partial charge in [-0.05, 0) is 48.2 Å². The molecule has 0 aliphatic rings. The predicted octanol–water partition coefficient (Wildman–Crippen LogP) is 5.16. The fourth-order valence-electron chi connectivity index (χ4n) is 3.54. The zero-order valence-electron chi connectivity index (χ0n) is 18.4. The van der Waals surface area contributed by atoms with Crippen molar-refractivity contribution in [3.63, 3.8) is 0 Å². The lowest BCUT2D eigenvalue weighted by Crippen LogP contribution is -2.42. The van der Waals surface area contributed by atoms with Gasteiger partial charge in [0.05, 0.1) is 20.1 Å². The molecule has 0 saturated heterocycles. The van der Waals surface area contributed by atoms with Crippen molar-refractivity contribution in [1.82, 2.24) is 9.47 Å². The first-order chi connectivity index (χ1) is 14.5. The molecule has 0 spiro atoms. The standard InChI is InChI=1S/C26H32N2O2/c1-20(2)21(3)28(26(29)17-22-12-14-25(30-4)15-13-22)19-24-11-8-16-27(24)18-23-9-6-5-7-10-23/h5-16,20-21H,17-19H2,1-4H3. The molecule has 1 atom stereocenters. The molecule has 1 aromatic heterocycles. The lowest BCUT2D eigenvalue weighted by molar-refractivity contribution is -0.134.